The maximum atomic E-state index is 3.88. The average Bonchev–Trinajstić information content (AvgIpc) is 2.42. The molecular formula is C17H36BrN. The van der Waals surface area contributed by atoms with Crippen LogP contribution in [-0.4, -0.2) is 16.9 Å². The number of rotatable bonds is 6. The molecule has 1 N–H and O–H groups in total. The van der Waals surface area contributed by atoms with Crippen molar-refractivity contribution in [2.75, 3.05) is 0 Å². The Hall–Kier alpha value is 0.440. The number of hydrogen-bond acceptors (Lipinski definition) is 1. The van der Waals surface area contributed by atoms with Gasteiger partial charge in [-0.25, -0.2) is 0 Å². The van der Waals surface area contributed by atoms with Gasteiger partial charge < -0.3 is 5.32 Å². The monoisotopic (exact) mass is 333 g/mol. The first-order chi connectivity index (χ1) is 9.06. The fourth-order valence-corrected chi connectivity index (χ4v) is 3.63. The average molecular weight is 334 g/mol. The lowest BCUT2D eigenvalue weighted by molar-refractivity contribution is 0.201. The summed E-state index contributed by atoms with van der Waals surface area (Å²) in [7, 11) is 0. The third kappa shape index (κ3) is 7.13. The standard InChI is InChI=1S/C15H30BrN.C2H6/c1-5-6-7-8-12(3)17-15-11(2)9-10-14(16)13(15)4;1-2/h11-15,17H,5-10H2,1-4H3;1-2H3. The number of unbranched alkanes of at least 4 members (excludes halogenated alkanes) is 2. The zero-order valence-electron chi connectivity index (χ0n) is 14.0. The molecule has 1 fully saturated rings. The summed E-state index contributed by atoms with van der Waals surface area (Å²) in [6.45, 7) is 13.4. The summed E-state index contributed by atoms with van der Waals surface area (Å²) < 4.78 is 0. The van der Waals surface area contributed by atoms with Gasteiger partial charge in [0.05, 0.1) is 0 Å². The summed E-state index contributed by atoms with van der Waals surface area (Å²) in [5.74, 6) is 1.58. The summed E-state index contributed by atoms with van der Waals surface area (Å²) >= 11 is 3.84. The van der Waals surface area contributed by atoms with Crippen molar-refractivity contribution in [3.63, 3.8) is 0 Å². The van der Waals surface area contributed by atoms with Crippen molar-refractivity contribution in [2.24, 2.45) is 11.8 Å². The molecule has 0 aromatic carbocycles. The normalized spacial score (nSPS) is 32.4. The highest BCUT2D eigenvalue weighted by Crippen LogP contribution is 2.34. The molecule has 116 valence electrons. The molecule has 1 aliphatic carbocycles. The molecule has 19 heavy (non-hydrogen) atoms. The summed E-state index contributed by atoms with van der Waals surface area (Å²) in [5, 5.41) is 3.88. The highest BCUT2D eigenvalue weighted by Gasteiger charge is 2.33. The molecule has 5 atom stereocenters. The second-order valence-electron chi connectivity index (χ2n) is 6.02. The molecule has 0 aromatic heterocycles. The predicted molar refractivity (Wildman–Crippen MR) is 92.2 cm³/mol. The van der Waals surface area contributed by atoms with Crippen molar-refractivity contribution in [3.8, 4) is 0 Å². The van der Waals surface area contributed by atoms with Crippen LogP contribution in [0.25, 0.3) is 0 Å². The van der Waals surface area contributed by atoms with Crippen molar-refractivity contribution < 1.29 is 0 Å². The van der Waals surface area contributed by atoms with Crippen LogP contribution in [0.4, 0.5) is 0 Å². The molecule has 0 aliphatic heterocycles. The maximum Gasteiger partial charge on any atom is 0.0186 e. The van der Waals surface area contributed by atoms with Crippen molar-refractivity contribution in [1.29, 1.82) is 0 Å². The second kappa shape index (κ2) is 11.1. The van der Waals surface area contributed by atoms with Crippen molar-refractivity contribution in [3.05, 3.63) is 0 Å². The van der Waals surface area contributed by atoms with Crippen LogP contribution < -0.4 is 5.32 Å². The van der Waals surface area contributed by atoms with E-state index in [9.17, 15) is 0 Å². The lowest BCUT2D eigenvalue weighted by Crippen LogP contribution is -2.49. The topological polar surface area (TPSA) is 12.0 Å². The Morgan fingerprint density at radius 2 is 1.79 bits per heavy atom. The molecule has 1 rings (SSSR count). The zero-order valence-corrected chi connectivity index (χ0v) is 15.6. The van der Waals surface area contributed by atoms with E-state index in [0.29, 0.717) is 16.9 Å². The Kier molecular flexibility index (Phi) is 11.4. The molecule has 5 unspecified atom stereocenters. The highest BCUT2D eigenvalue weighted by atomic mass is 79.9. The summed E-state index contributed by atoms with van der Waals surface area (Å²) in [6.07, 6.45) is 8.11. The first-order valence-corrected chi connectivity index (χ1v) is 9.38. The van der Waals surface area contributed by atoms with Crippen LogP contribution in [-0.2, 0) is 0 Å². The number of alkyl halides is 1. The molecule has 1 nitrogen and oxygen atoms in total. The van der Waals surface area contributed by atoms with Gasteiger partial charge in [0.25, 0.3) is 0 Å². The first kappa shape index (κ1) is 19.4. The van der Waals surface area contributed by atoms with Gasteiger partial charge in [0, 0.05) is 16.9 Å². The smallest absolute Gasteiger partial charge is 0.0186 e. The van der Waals surface area contributed by atoms with E-state index in [4.69, 9.17) is 0 Å². The van der Waals surface area contributed by atoms with Crippen molar-refractivity contribution >= 4 is 15.9 Å². The Labute approximate surface area is 130 Å². The summed E-state index contributed by atoms with van der Waals surface area (Å²) in [5.41, 5.74) is 0. The number of nitrogens with one attached hydrogen (secondary N) is 1. The summed E-state index contributed by atoms with van der Waals surface area (Å²) in [4.78, 5) is 0.707. The fourth-order valence-electron chi connectivity index (χ4n) is 3.04. The quantitative estimate of drug-likeness (QED) is 0.480. The van der Waals surface area contributed by atoms with Gasteiger partial charge in [-0.15, -0.1) is 0 Å². The Morgan fingerprint density at radius 3 is 2.37 bits per heavy atom. The number of halogens is 1. The highest BCUT2D eigenvalue weighted by molar-refractivity contribution is 9.09. The fraction of sp³-hybridized carbons (Fsp3) is 1.00. The molecule has 2 heteroatoms. The van der Waals surface area contributed by atoms with E-state index in [2.05, 4.69) is 48.9 Å². The van der Waals surface area contributed by atoms with Crippen LogP contribution >= 0.6 is 15.9 Å². The van der Waals surface area contributed by atoms with E-state index in [1.165, 1.54) is 38.5 Å². The molecule has 0 saturated heterocycles. The largest absolute Gasteiger partial charge is 0.311 e. The van der Waals surface area contributed by atoms with Crippen LogP contribution in [0.2, 0.25) is 0 Å². The van der Waals surface area contributed by atoms with Gasteiger partial charge >= 0.3 is 0 Å². The Morgan fingerprint density at radius 1 is 1.16 bits per heavy atom. The van der Waals surface area contributed by atoms with Crippen LogP contribution in [0.5, 0.6) is 0 Å². The van der Waals surface area contributed by atoms with E-state index in [0.717, 1.165) is 11.8 Å². The van der Waals surface area contributed by atoms with Gasteiger partial charge in [0.15, 0.2) is 0 Å². The molecule has 0 bridgehead atoms. The molecule has 0 amide bonds. The van der Waals surface area contributed by atoms with Crippen LogP contribution in [0.3, 0.4) is 0 Å². The third-order valence-electron chi connectivity index (χ3n) is 4.37. The number of hydrogen-bond donors (Lipinski definition) is 1. The van der Waals surface area contributed by atoms with Gasteiger partial charge in [-0.3, -0.25) is 0 Å². The molecule has 1 aliphatic rings. The van der Waals surface area contributed by atoms with E-state index in [1.807, 2.05) is 13.8 Å². The van der Waals surface area contributed by atoms with Crippen molar-refractivity contribution in [2.45, 2.75) is 97.0 Å². The van der Waals surface area contributed by atoms with Gasteiger partial charge in [-0.1, -0.05) is 69.8 Å². The molecule has 0 heterocycles. The lowest BCUT2D eigenvalue weighted by Gasteiger charge is -2.40. The van der Waals surface area contributed by atoms with E-state index in [-0.39, 0.29) is 0 Å². The Balaban J connectivity index is 0.00000154. The van der Waals surface area contributed by atoms with E-state index >= 15 is 0 Å². The van der Waals surface area contributed by atoms with Gasteiger partial charge in [-0.2, -0.15) is 0 Å². The van der Waals surface area contributed by atoms with Crippen LogP contribution in [0.1, 0.15) is 80.1 Å². The minimum atomic E-state index is 0.675. The Bertz CT molecular complexity index is 207. The molecular weight excluding hydrogens is 298 g/mol. The lowest BCUT2D eigenvalue weighted by atomic mass is 9.78. The molecule has 0 radical (unpaired) electrons. The van der Waals surface area contributed by atoms with Crippen molar-refractivity contribution in [1.82, 2.24) is 5.32 Å². The second-order valence-corrected chi connectivity index (χ2v) is 7.20. The SMILES string of the molecule is CC.CCCCCC(C)NC1C(C)CCC(Br)C1C. The van der Waals surface area contributed by atoms with Gasteiger partial charge in [0.1, 0.15) is 0 Å². The van der Waals surface area contributed by atoms with Gasteiger partial charge in [0.2, 0.25) is 0 Å². The first-order valence-electron chi connectivity index (χ1n) is 8.46. The van der Waals surface area contributed by atoms with E-state index in [1.54, 1.807) is 0 Å². The van der Waals surface area contributed by atoms with E-state index < -0.39 is 0 Å². The molecule has 1 saturated carbocycles. The molecule has 0 aromatic rings. The van der Waals surface area contributed by atoms with Crippen LogP contribution in [0.15, 0.2) is 0 Å². The predicted octanol–water partition coefficient (Wildman–Crippen LogP) is 5.77. The van der Waals surface area contributed by atoms with Gasteiger partial charge in [-0.05, 0) is 38.0 Å². The zero-order chi connectivity index (χ0) is 14.8. The molecule has 0 spiro atoms. The summed E-state index contributed by atoms with van der Waals surface area (Å²) in [6, 6.07) is 1.37. The third-order valence-corrected chi connectivity index (χ3v) is 5.66. The van der Waals surface area contributed by atoms with Crippen LogP contribution in [0, 0.1) is 11.8 Å². The minimum absolute atomic E-state index is 0.675. The minimum Gasteiger partial charge on any atom is -0.311 e. The maximum absolute atomic E-state index is 3.88.